The molecule has 0 spiro atoms. The third-order valence-electron chi connectivity index (χ3n) is 2.05. The van der Waals surface area contributed by atoms with Gasteiger partial charge in [0.25, 0.3) is 0 Å². The fourth-order valence-electron chi connectivity index (χ4n) is 1.11. The first-order valence-corrected chi connectivity index (χ1v) is 5.52. The van der Waals surface area contributed by atoms with E-state index in [4.69, 9.17) is 11.6 Å². The van der Waals surface area contributed by atoms with Gasteiger partial charge in [0, 0.05) is 19.8 Å². The summed E-state index contributed by atoms with van der Waals surface area (Å²) in [6, 6.07) is 1.40. The summed E-state index contributed by atoms with van der Waals surface area (Å²) < 4.78 is 0. The van der Waals surface area contributed by atoms with E-state index in [-0.39, 0.29) is 11.3 Å². The molecule has 2 amide bonds. The summed E-state index contributed by atoms with van der Waals surface area (Å²) in [5, 5.41) is 2.76. The van der Waals surface area contributed by atoms with Crippen molar-refractivity contribution in [2.24, 2.45) is 0 Å². The largest absolute Gasteiger partial charge is 0.328 e. The van der Waals surface area contributed by atoms with E-state index in [2.05, 4.69) is 22.2 Å². The number of nitrogens with one attached hydrogen (secondary N) is 1. The van der Waals surface area contributed by atoms with E-state index in [9.17, 15) is 4.79 Å². The molecule has 0 unspecified atom stereocenters. The van der Waals surface area contributed by atoms with Crippen LogP contribution in [0, 0.1) is 0 Å². The average molecular weight is 243 g/mol. The molecule has 0 saturated heterocycles. The number of unbranched alkanes of at least 4 members (excludes halogenated alkanes) is 1. The summed E-state index contributed by atoms with van der Waals surface area (Å²) >= 11 is 5.60. The topological polar surface area (TPSA) is 58.1 Å². The van der Waals surface area contributed by atoms with Gasteiger partial charge in [0.05, 0.1) is 0 Å². The molecule has 0 bridgehead atoms. The van der Waals surface area contributed by atoms with Gasteiger partial charge < -0.3 is 4.90 Å². The zero-order valence-electron chi connectivity index (χ0n) is 9.40. The molecule has 0 saturated carbocycles. The molecule has 0 fully saturated rings. The number of hydrogen-bond acceptors (Lipinski definition) is 3. The molecule has 88 valence electrons. The van der Waals surface area contributed by atoms with Gasteiger partial charge in [-0.05, 0) is 24.1 Å². The predicted octanol–water partition coefficient (Wildman–Crippen LogP) is 2.39. The maximum absolute atomic E-state index is 11.6. The molecule has 16 heavy (non-hydrogen) atoms. The van der Waals surface area contributed by atoms with E-state index in [1.54, 1.807) is 18.0 Å². The molecule has 5 nitrogen and oxygen atoms in total. The molecule has 1 heterocycles. The zero-order valence-corrected chi connectivity index (χ0v) is 10.2. The van der Waals surface area contributed by atoms with Crippen LogP contribution in [0.2, 0.25) is 5.28 Å². The Hall–Kier alpha value is -1.36. The first kappa shape index (κ1) is 12.7. The fraction of sp³-hybridized carbons (Fsp3) is 0.500. The number of anilines is 1. The second-order valence-corrected chi connectivity index (χ2v) is 3.75. The van der Waals surface area contributed by atoms with E-state index < -0.39 is 0 Å². The Morgan fingerprint density at radius 1 is 1.62 bits per heavy atom. The summed E-state index contributed by atoms with van der Waals surface area (Å²) in [6.07, 6.45) is 3.53. The molecule has 1 aromatic rings. The second kappa shape index (κ2) is 6.27. The van der Waals surface area contributed by atoms with Crippen molar-refractivity contribution >= 4 is 23.4 Å². The fourth-order valence-corrected chi connectivity index (χ4v) is 1.25. The summed E-state index contributed by atoms with van der Waals surface area (Å²) in [5.41, 5.74) is 0. The Kier molecular flexibility index (Phi) is 4.98. The summed E-state index contributed by atoms with van der Waals surface area (Å²) in [7, 11) is 1.74. The minimum absolute atomic E-state index is 0.119. The van der Waals surface area contributed by atoms with Gasteiger partial charge in [0.15, 0.2) is 0 Å². The molecule has 0 aliphatic heterocycles. The molecule has 1 rings (SSSR count). The smallest absolute Gasteiger partial charge is 0.322 e. The van der Waals surface area contributed by atoms with Crippen LogP contribution in [-0.4, -0.2) is 34.5 Å². The first-order chi connectivity index (χ1) is 7.63. The monoisotopic (exact) mass is 242 g/mol. The normalized spacial score (nSPS) is 9.94. The van der Waals surface area contributed by atoms with Crippen LogP contribution in [0.25, 0.3) is 0 Å². The first-order valence-electron chi connectivity index (χ1n) is 5.14. The molecule has 1 N–H and O–H groups in total. The van der Waals surface area contributed by atoms with Gasteiger partial charge in [-0.2, -0.15) is 0 Å². The molecular formula is C10H15ClN4O. The minimum atomic E-state index is -0.191. The highest BCUT2D eigenvalue weighted by molar-refractivity contribution is 6.28. The van der Waals surface area contributed by atoms with Crippen molar-refractivity contribution in [3.05, 3.63) is 17.5 Å². The molecule has 1 aromatic heterocycles. The van der Waals surface area contributed by atoms with Crippen LogP contribution in [0.15, 0.2) is 12.3 Å². The lowest BCUT2D eigenvalue weighted by molar-refractivity contribution is 0.222. The number of nitrogens with zero attached hydrogens (tertiary/aromatic N) is 3. The van der Waals surface area contributed by atoms with Crippen molar-refractivity contribution in [2.45, 2.75) is 19.8 Å². The second-order valence-electron chi connectivity index (χ2n) is 3.42. The van der Waals surface area contributed by atoms with Crippen LogP contribution in [0.4, 0.5) is 10.6 Å². The van der Waals surface area contributed by atoms with Gasteiger partial charge in [-0.15, -0.1) is 0 Å². The molecule has 0 radical (unpaired) electrons. The van der Waals surface area contributed by atoms with Crippen LogP contribution in [-0.2, 0) is 0 Å². The number of hydrogen-bond donors (Lipinski definition) is 1. The molecule has 6 heteroatoms. The van der Waals surface area contributed by atoms with Crippen molar-refractivity contribution in [1.29, 1.82) is 0 Å². The summed E-state index contributed by atoms with van der Waals surface area (Å²) in [6.45, 7) is 2.80. The maximum Gasteiger partial charge on any atom is 0.322 e. The summed E-state index contributed by atoms with van der Waals surface area (Å²) in [5.74, 6) is 0.411. The van der Waals surface area contributed by atoms with Crippen LogP contribution in [0.3, 0.4) is 0 Å². The molecule has 0 atom stereocenters. The van der Waals surface area contributed by atoms with Crippen LogP contribution in [0.1, 0.15) is 19.8 Å². The van der Waals surface area contributed by atoms with Crippen molar-refractivity contribution < 1.29 is 4.79 Å². The predicted molar refractivity (Wildman–Crippen MR) is 63.6 cm³/mol. The highest BCUT2D eigenvalue weighted by atomic mass is 35.5. The highest BCUT2D eigenvalue weighted by Gasteiger charge is 2.08. The highest BCUT2D eigenvalue weighted by Crippen LogP contribution is 2.06. The lowest BCUT2D eigenvalue weighted by Crippen LogP contribution is -2.32. The van der Waals surface area contributed by atoms with E-state index in [0.29, 0.717) is 5.82 Å². The molecule has 0 aliphatic rings. The lowest BCUT2D eigenvalue weighted by atomic mass is 10.3. The number of aromatic nitrogens is 2. The Bertz CT molecular complexity index is 358. The molecule has 0 aliphatic carbocycles. The molecular weight excluding hydrogens is 228 g/mol. The van der Waals surface area contributed by atoms with E-state index in [0.717, 1.165) is 19.4 Å². The molecule has 0 aromatic carbocycles. The summed E-state index contributed by atoms with van der Waals surface area (Å²) in [4.78, 5) is 20.9. The Morgan fingerprint density at radius 3 is 3.00 bits per heavy atom. The van der Waals surface area contributed by atoms with Crippen molar-refractivity contribution in [3.8, 4) is 0 Å². The van der Waals surface area contributed by atoms with E-state index in [1.165, 1.54) is 6.20 Å². The standard InChI is InChI=1S/C10H15ClN4O/c1-3-4-7-15(2)10(16)14-8-5-6-12-9(11)13-8/h5-6H,3-4,7H2,1-2H3,(H,12,13,14,16). The number of amides is 2. The van der Waals surface area contributed by atoms with Crippen molar-refractivity contribution in [3.63, 3.8) is 0 Å². The van der Waals surface area contributed by atoms with Gasteiger partial charge in [-0.1, -0.05) is 13.3 Å². The van der Waals surface area contributed by atoms with E-state index >= 15 is 0 Å². The van der Waals surface area contributed by atoms with Crippen molar-refractivity contribution in [2.75, 3.05) is 18.9 Å². The lowest BCUT2D eigenvalue weighted by Gasteiger charge is -2.16. The quantitative estimate of drug-likeness (QED) is 0.825. The number of halogens is 1. The van der Waals surface area contributed by atoms with Crippen LogP contribution >= 0.6 is 11.6 Å². The van der Waals surface area contributed by atoms with Gasteiger partial charge in [-0.25, -0.2) is 14.8 Å². The third kappa shape index (κ3) is 4.02. The van der Waals surface area contributed by atoms with Crippen LogP contribution in [0.5, 0.6) is 0 Å². The van der Waals surface area contributed by atoms with Crippen LogP contribution < -0.4 is 5.32 Å². The number of carbonyl (C=O) groups is 1. The van der Waals surface area contributed by atoms with Gasteiger partial charge in [0.1, 0.15) is 5.82 Å². The number of carbonyl (C=O) groups excluding carboxylic acids is 1. The number of urea groups is 1. The van der Waals surface area contributed by atoms with Crippen molar-refractivity contribution in [1.82, 2.24) is 14.9 Å². The number of rotatable bonds is 4. The van der Waals surface area contributed by atoms with Gasteiger partial charge >= 0.3 is 6.03 Å². The Balaban J connectivity index is 2.50. The maximum atomic E-state index is 11.6. The Labute approximate surface area is 99.8 Å². The zero-order chi connectivity index (χ0) is 12.0. The third-order valence-corrected chi connectivity index (χ3v) is 2.24. The van der Waals surface area contributed by atoms with Gasteiger partial charge in [-0.3, -0.25) is 5.32 Å². The SMILES string of the molecule is CCCCN(C)C(=O)Nc1ccnc(Cl)n1. The van der Waals surface area contributed by atoms with Gasteiger partial charge in [0.2, 0.25) is 5.28 Å². The van der Waals surface area contributed by atoms with E-state index in [1.807, 2.05) is 0 Å². The minimum Gasteiger partial charge on any atom is -0.328 e. The average Bonchev–Trinajstić information content (AvgIpc) is 2.25. The Morgan fingerprint density at radius 2 is 2.38 bits per heavy atom.